The maximum atomic E-state index is 13.8. The molecule has 6 nitrogen and oxygen atoms in total. The van der Waals surface area contributed by atoms with Crippen LogP contribution in [0, 0.1) is 0 Å². The summed E-state index contributed by atoms with van der Waals surface area (Å²) >= 11 is 6.17. The number of ether oxygens (including phenoxy) is 1. The van der Waals surface area contributed by atoms with Crippen LogP contribution in [0.3, 0.4) is 0 Å². The molecule has 0 unspecified atom stereocenters. The number of para-hydroxylation sites is 1. The number of hydrogen-bond donors (Lipinski definition) is 1. The summed E-state index contributed by atoms with van der Waals surface area (Å²) in [7, 11) is 0. The SMILES string of the molecule is O=C(Nc1cccc(Cl)c1)c1c(-c2ccccc2)c2c3n(c(COc4ccccc4)nn13)CCCC2. The van der Waals surface area contributed by atoms with Gasteiger partial charge in [0.25, 0.3) is 5.91 Å². The van der Waals surface area contributed by atoms with Gasteiger partial charge in [0.05, 0.1) is 0 Å². The normalized spacial score (nSPS) is 12.9. The second kappa shape index (κ2) is 9.55. The van der Waals surface area contributed by atoms with Crippen LogP contribution in [-0.2, 0) is 19.6 Å². The van der Waals surface area contributed by atoms with E-state index in [0.717, 1.165) is 59.7 Å². The number of amides is 1. The predicted molar refractivity (Wildman–Crippen MR) is 142 cm³/mol. The molecular weight excluding hydrogens is 472 g/mol. The van der Waals surface area contributed by atoms with E-state index in [2.05, 4.69) is 22.0 Å². The van der Waals surface area contributed by atoms with Crippen LogP contribution in [0.1, 0.15) is 34.7 Å². The molecule has 1 aliphatic rings. The molecule has 0 bridgehead atoms. The highest BCUT2D eigenvalue weighted by Crippen LogP contribution is 2.37. The monoisotopic (exact) mass is 496 g/mol. The van der Waals surface area contributed by atoms with E-state index < -0.39 is 0 Å². The van der Waals surface area contributed by atoms with Gasteiger partial charge in [-0.15, -0.1) is 5.10 Å². The molecule has 0 radical (unpaired) electrons. The fourth-order valence-corrected chi connectivity index (χ4v) is 5.15. The molecule has 0 aliphatic carbocycles. The second-order valence-electron chi connectivity index (χ2n) is 8.89. The van der Waals surface area contributed by atoms with Crippen LogP contribution in [0.2, 0.25) is 5.02 Å². The topological polar surface area (TPSA) is 60.6 Å². The Bertz CT molecular complexity index is 1540. The average molecular weight is 497 g/mol. The summed E-state index contributed by atoms with van der Waals surface area (Å²) in [5, 5.41) is 8.54. The molecule has 36 heavy (non-hydrogen) atoms. The van der Waals surface area contributed by atoms with Crippen LogP contribution in [-0.4, -0.2) is 20.1 Å². The summed E-state index contributed by atoms with van der Waals surface area (Å²) in [6.45, 7) is 1.15. The molecule has 0 fully saturated rings. The molecule has 6 rings (SSSR count). The molecule has 3 aromatic carbocycles. The highest BCUT2D eigenvalue weighted by Gasteiger charge is 2.30. The van der Waals surface area contributed by atoms with Gasteiger partial charge in [-0.3, -0.25) is 4.79 Å². The molecule has 0 atom stereocenters. The summed E-state index contributed by atoms with van der Waals surface area (Å²) in [5.74, 6) is 1.36. The van der Waals surface area contributed by atoms with Gasteiger partial charge in [0.1, 0.15) is 23.7 Å². The molecule has 2 aromatic heterocycles. The number of aromatic nitrogens is 3. The standard InChI is InChI=1S/C29H25ClN4O2/c30-21-12-9-13-22(18-21)31-28(35)27-26(20-10-3-1-4-11-20)24-16-7-8-17-33-25(32-34(27)29(24)33)19-36-23-14-5-2-6-15-23/h1-6,9-15,18H,7-8,16-17,19H2,(H,31,35). The summed E-state index contributed by atoms with van der Waals surface area (Å²) in [6, 6.07) is 27.0. The molecule has 0 saturated carbocycles. The lowest BCUT2D eigenvalue weighted by molar-refractivity contribution is 0.102. The first-order chi connectivity index (χ1) is 17.7. The molecule has 3 heterocycles. The van der Waals surface area contributed by atoms with E-state index in [-0.39, 0.29) is 5.91 Å². The number of nitrogens with zero attached hydrogens (tertiary/aromatic N) is 3. The van der Waals surface area contributed by atoms with E-state index in [0.29, 0.717) is 23.0 Å². The number of anilines is 1. The van der Waals surface area contributed by atoms with Gasteiger partial charge in [-0.05, 0) is 55.2 Å². The van der Waals surface area contributed by atoms with E-state index in [1.165, 1.54) is 0 Å². The van der Waals surface area contributed by atoms with Crippen LogP contribution in [0.5, 0.6) is 5.75 Å². The molecular formula is C29H25ClN4O2. The first-order valence-corrected chi connectivity index (χ1v) is 12.5. The molecule has 5 aromatic rings. The lowest BCUT2D eigenvalue weighted by Crippen LogP contribution is -2.16. The van der Waals surface area contributed by atoms with Gasteiger partial charge in [0.2, 0.25) is 0 Å². The number of carbonyl (C=O) groups is 1. The van der Waals surface area contributed by atoms with Crippen molar-refractivity contribution < 1.29 is 9.53 Å². The van der Waals surface area contributed by atoms with E-state index in [9.17, 15) is 4.79 Å². The Labute approximate surface area is 214 Å². The highest BCUT2D eigenvalue weighted by atomic mass is 35.5. The minimum absolute atomic E-state index is 0.224. The third kappa shape index (κ3) is 4.14. The largest absolute Gasteiger partial charge is 0.486 e. The molecule has 0 spiro atoms. The Hall–Kier alpha value is -4.03. The van der Waals surface area contributed by atoms with E-state index in [4.69, 9.17) is 21.4 Å². The van der Waals surface area contributed by atoms with Crippen molar-refractivity contribution in [1.29, 1.82) is 0 Å². The average Bonchev–Trinajstić information content (AvgIpc) is 3.30. The Kier molecular flexibility index (Phi) is 5.95. The third-order valence-corrected chi connectivity index (χ3v) is 6.77. The Balaban J connectivity index is 1.50. The Morgan fingerprint density at radius 1 is 0.972 bits per heavy atom. The Morgan fingerprint density at radius 2 is 1.75 bits per heavy atom. The number of rotatable bonds is 6. The summed E-state index contributed by atoms with van der Waals surface area (Å²) in [5.41, 5.74) is 5.21. The quantitative estimate of drug-likeness (QED) is 0.287. The van der Waals surface area contributed by atoms with Crippen LogP contribution in [0.25, 0.3) is 16.8 Å². The van der Waals surface area contributed by atoms with Crippen molar-refractivity contribution in [2.45, 2.75) is 32.4 Å². The van der Waals surface area contributed by atoms with Gasteiger partial charge in [-0.1, -0.05) is 66.2 Å². The lowest BCUT2D eigenvalue weighted by atomic mass is 9.98. The van der Waals surface area contributed by atoms with E-state index in [1.54, 1.807) is 12.1 Å². The number of benzene rings is 3. The van der Waals surface area contributed by atoms with Gasteiger partial charge in [-0.2, -0.15) is 0 Å². The summed E-state index contributed by atoms with van der Waals surface area (Å²) < 4.78 is 10.1. The van der Waals surface area contributed by atoms with Crippen LogP contribution in [0.4, 0.5) is 5.69 Å². The van der Waals surface area contributed by atoms with Gasteiger partial charge in [-0.25, -0.2) is 4.52 Å². The summed E-state index contributed by atoms with van der Waals surface area (Å²) in [6.07, 6.45) is 2.95. The summed E-state index contributed by atoms with van der Waals surface area (Å²) in [4.78, 5) is 13.8. The third-order valence-electron chi connectivity index (χ3n) is 6.53. The van der Waals surface area contributed by atoms with Crippen LogP contribution >= 0.6 is 11.6 Å². The molecule has 7 heteroatoms. The van der Waals surface area contributed by atoms with Gasteiger partial charge in [0.15, 0.2) is 5.82 Å². The highest BCUT2D eigenvalue weighted by molar-refractivity contribution is 6.31. The smallest absolute Gasteiger partial charge is 0.275 e. The van der Waals surface area contributed by atoms with Crippen molar-refractivity contribution in [1.82, 2.24) is 14.2 Å². The van der Waals surface area contributed by atoms with Crippen molar-refractivity contribution in [2.24, 2.45) is 0 Å². The number of nitrogens with one attached hydrogen (secondary N) is 1. The van der Waals surface area contributed by atoms with Crippen molar-refractivity contribution in [3.8, 4) is 16.9 Å². The molecule has 1 N–H and O–H groups in total. The fraction of sp³-hybridized carbons (Fsp3) is 0.172. The molecule has 1 amide bonds. The second-order valence-corrected chi connectivity index (χ2v) is 9.33. The number of halogens is 1. The number of carbonyl (C=O) groups excluding carboxylic acids is 1. The number of aryl methyl sites for hydroxylation is 2. The Morgan fingerprint density at radius 3 is 2.53 bits per heavy atom. The first kappa shape index (κ1) is 22.4. The number of hydrogen-bond acceptors (Lipinski definition) is 3. The fourth-order valence-electron chi connectivity index (χ4n) is 4.96. The zero-order chi connectivity index (χ0) is 24.5. The maximum Gasteiger partial charge on any atom is 0.275 e. The van der Waals surface area contributed by atoms with Crippen LogP contribution < -0.4 is 10.1 Å². The molecule has 0 saturated heterocycles. The zero-order valence-corrected chi connectivity index (χ0v) is 20.4. The van der Waals surface area contributed by atoms with Gasteiger partial charge >= 0.3 is 0 Å². The van der Waals surface area contributed by atoms with Crippen molar-refractivity contribution in [3.63, 3.8) is 0 Å². The van der Waals surface area contributed by atoms with Gasteiger partial charge in [0, 0.05) is 28.4 Å². The molecule has 1 aliphatic heterocycles. The minimum Gasteiger partial charge on any atom is -0.486 e. The lowest BCUT2D eigenvalue weighted by Gasteiger charge is -2.10. The van der Waals surface area contributed by atoms with Crippen LogP contribution in [0.15, 0.2) is 84.9 Å². The zero-order valence-electron chi connectivity index (χ0n) is 19.7. The maximum absolute atomic E-state index is 13.8. The first-order valence-electron chi connectivity index (χ1n) is 12.1. The van der Waals surface area contributed by atoms with Crippen molar-refractivity contribution >= 4 is 28.8 Å². The van der Waals surface area contributed by atoms with E-state index in [1.807, 2.05) is 65.2 Å². The molecule has 180 valence electrons. The van der Waals surface area contributed by atoms with Gasteiger partial charge < -0.3 is 14.6 Å². The van der Waals surface area contributed by atoms with Crippen molar-refractivity contribution in [2.75, 3.05) is 5.32 Å². The minimum atomic E-state index is -0.224. The predicted octanol–water partition coefficient (Wildman–Crippen LogP) is 6.62. The van der Waals surface area contributed by atoms with E-state index >= 15 is 0 Å². The van der Waals surface area contributed by atoms with Crippen molar-refractivity contribution in [3.05, 3.63) is 107 Å².